The van der Waals surface area contributed by atoms with Crippen LogP contribution in [0.1, 0.15) is 38.5 Å². The number of carboxylic acids is 1. The van der Waals surface area contributed by atoms with Gasteiger partial charge in [0.05, 0.1) is 12.2 Å². The van der Waals surface area contributed by atoms with Crippen LogP contribution >= 0.6 is 0 Å². The fourth-order valence-electron chi connectivity index (χ4n) is 1.79. The van der Waals surface area contributed by atoms with Crippen LogP contribution in [0.3, 0.4) is 0 Å². The van der Waals surface area contributed by atoms with E-state index in [2.05, 4.69) is 10.8 Å². The zero-order chi connectivity index (χ0) is 12.7. The molecule has 1 aliphatic carbocycles. The van der Waals surface area contributed by atoms with E-state index in [1.807, 2.05) is 0 Å². The summed E-state index contributed by atoms with van der Waals surface area (Å²) >= 11 is 0. The predicted octanol–water partition coefficient (Wildman–Crippen LogP) is 1.27. The van der Waals surface area contributed by atoms with Crippen molar-refractivity contribution in [1.82, 2.24) is 4.72 Å². The lowest BCUT2D eigenvalue weighted by Gasteiger charge is -2.12. The van der Waals surface area contributed by atoms with Crippen LogP contribution in [-0.2, 0) is 14.8 Å². The highest BCUT2D eigenvalue weighted by molar-refractivity contribution is 7.89. The van der Waals surface area contributed by atoms with Crippen molar-refractivity contribution in [2.24, 2.45) is 0 Å². The smallest absolute Gasteiger partial charge is 0.304 e. The molecule has 0 radical (unpaired) electrons. The van der Waals surface area contributed by atoms with Crippen molar-refractivity contribution in [2.45, 2.75) is 38.5 Å². The van der Waals surface area contributed by atoms with Gasteiger partial charge in [-0.1, -0.05) is 11.6 Å². The fourth-order valence-corrected chi connectivity index (χ4v) is 2.79. The molecule has 0 amide bonds. The summed E-state index contributed by atoms with van der Waals surface area (Å²) in [6.07, 6.45) is 7.09. The third-order valence-corrected chi connectivity index (χ3v) is 4.12. The van der Waals surface area contributed by atoms with Gasteiger partial charge in [0.15, 0.2) is 0 Å². The third-order valence-electron chi connectivity index (χ3n) is 2.74. The maximum Gasteiger partial charge on any atom is 0.304 e. The molecule has 0 aromatic heterocycles. The molecule has 17 heavy (non-hydrogen) atoms. The Morgan fingerprint density at radius 3 is 2.76 bits per heavy atom. The summed E-state index contributed by atoms with van der Waals surface area (Å²) in [5.74, 6) is -1.44. The Morgan fingerprint density at radius 1 is 1.41 bits per heavy atom. The maximum atomic E-state index is 11.4. The SMILES string of the molecule is O=C(O)CCS(=O)(=O)NCCC1=CCCCC1. The van der Waals surface area contributed by atoms with Crippen molar-refractivity contribution < 1.29 is 18.3 Å². The number of nitrogens with one attached hydrogen (secondary N) is 1. The summed E-state index contributed by atoms with van der Waals surface area (Å²) < 4.78 is 25.2. The van der Waals surface area contributed by atoms with Crippen LogP contribution in [0.5, 0.6) is 0 Å². The molecule has 0 heterocycles. The first-order valence-electron chi connectivity index (χ1n) is 5.87. The zero-order valence-electron chi connectivity index (χ0n) is 9.81. The molecule has 0 unspecified atom stereocenters. The second-order valence-corrected chi connectivity index (χ2v) is 6.14. The first-order chi connectivity index (χ1) is 7.99. The normalized spacial score (nSPS) is 16.6. The number of aliphatic carboxylic acids is 1. The van der Waals surface area contributed by atoms with Crippen molar-refractivity contribution in [3.8, 4) is 0 Å². The quantitative estimate of drug-likeness (QED) is 0.676. The molecular weight excluding hydrogens is 242 g/mol. The number of carboxylic acid groups (broad SMARTS) is 1. The van der Waals surface area contributed by atoms with Gasteiger partial charge in [-0.05, 0) is 32.1 Å². The summed E-state index contributed by atoms with van der Waals surface area (Å²) in [5.41, 5.74) is 1.30. The minimum absolute atomic E-state index is 0.346. The number of rotatable bonds is 7. The highest BCUT2D eigenvalue weighted by atomic mass is 32.2. The summed E-state index contributed by atoms with van der Waals surface area (Å²) in [6.45, 7) is 0.369. The van der Waals surface area contributed by atoms with Crippen molar-refractivity contribution in [3.05, 3.63) is 11.6 Å². The molecule has 0 aromatic carbocycles. The van der Waals surface area contributed by atoms with Crippen LogP contribution in [0.2, 0.25) is 0 Å². The Labute approximate surface area is 102 Å². The molecule has 0 spiro atoms. The van der Waals surface area contributed by atoms with E-state index in [1.54, 1.807) is 0 Å². The fraction of sp³-hybridized carbons (Fsp3) is 0.727. The Balaban J connectivity index is 2.25. The molecule has 0 aromatic rings. The van der Waals surface area contributed by atoms with Crippen LogP contribution in [0, 0.1) is 0 Å². The van der Waals surface area contributed by atoms with E-state index in [4.69, 9.17) is 5.11 Å². The van der Waals surface area contributed by atoms with E-state index in [0.29, 0.717) is 6.54 Å². The molecule has 1 aliphatic rings. The molecule has 0 aliphatic heterocycles. The average molecular weight is 261 g/mol. The Hall–Kier alpha value is -0.880. The second kappa shape index (κ2) is 6.76. The van der Waals surface area contributed by atoms with Gasteiger partial charge in [0, 0.05) is 6.54 Å². The van der Waals surface area contributed by atoms with Gasteiger partial charge in [-0.25, -0.2) is 13.1 Å². The van der Waals surface area contributed by atoms with Crippen LogP contribution in [0.15, 0.2) is 11.6 Å². The molecule has 0 bridgehead atoms. The predicted molar refractivity (Wildman–Crippen MR) is 65.2 cm³/mol. The van der Waals surface area contributed by atoms with Gasteiger partial charge in [-0.15, -0.1) is 0 Å². The lowest BCUT2D eigenvalue weighted by molar-refractivity contribution is -0.136. The molecular formula is C11H19NO4S. The number of hydrogen-bond acceptors (Lipinski definition) is 3. The largest absolute Gasteiger partial charge is 0.481 e. The third kappa shape index (κ3) is 6.43. The van der Waals surface area contributed by atoms with Crippen molar-refractivity contribution >= 4 is 16.0 Å². The van der Waals surface area contributed by atoms with Crippen LogP contribution in [-0.4, -0.2) is 31.8 Å². The molecule has 0 saturated carbocycles. The van der Waals surface area contributed by atoms with Crippen LogP contribution in [0.25, 0.3) is 0 Å². The van der Waals surface area contributed by atoms with E-state index < -0.39 is 16.0 Å². The van der Waals surface area contributed by atoms with Gasteiger partial charge in [0.2, 0.25) is 10.0 Å². The van der Waals surface area contributed by atoms with Crippen molar-refractivity contribution in [2.75, 3.05) is 12.3 Å². The lowest BCUT2D eigenvalue weighted by atomic mass is 9.97. The molecule has 98 valence electrons. The highest BCUT2D eigenvalue weighted by Crippen LogP contribution is 2.19. The van der Waals surface area contributed by atoms with Crippen molar-refractivity contribution in [3.63, 3.8) is 0 Å². The summed E-state index contributed by atoms with van der Waals surface area (Å²) in [6, 6.07) is 0. The topological polar surface area (TPSA) is 83.5 Å². The van der Waals surface area contributed by atoms with Gasteiger partial charge in [-0.2, -0.15) is 0 Å². The molecule has 5 nitrogen and oxygen atoms in total. The van der Waals surface area contributed by atoms with E-state index in [0.717, 1.165) is 19.3 Å². The summed E-state index contributed by atoms with van der Waals surface area (Å²) in [4.78, 5) is 10.3. The van der Waals surface area contributed by atoms with Crippen LogP contribution in [0.4, 0.5) is 0 Å². The molecule has 6 heteroatoms. The second-order valence-electron chi connectivity index (χ2n) is 4.22. The van der Waals surface area contributed by atoms with Gasteiger partial charge >= 0.3 is 5.97 Å². The Morgan fingerprint density at radius 2 is 2.18 bits per heavy atom. The molecule has 0 atom stereocenters. The standard InChI is InChI=1S/C11H19NO4S/c13-11(14)7-9-17(15,16)12-8-6-10-4-2-1-3-5-10/h4,12H,1-3,5-9H2,(H,13,14). The molecule has 0 fully saturated rings. The van der Waals surface area contributed by atoms with Crippen molar-refractivity contribution in [1.29, 1.82) is 0 Å². The van der Waals surface area contributed by atoms with Gasteiger partial charge in [-0.3, -0.25) is 4.79 Å². The van der Waals surface area contributed by atoms with Crippen LogP contribution < -0.4 is 4.72 Å². The monoisotopic (exact) mass is 261 g/mol. The summed E-state index contributed by atoms with van der Waals surface area (Å²) in [7, 11) is -3.44. The number of allylic oxidation sites excluding steroid dienone is 1. The van der Waals surface area contributed by atoms with E-state index >= 15 is 0 Å². The average Bonchev–Trinajstić information content (AvgIpc) is 2.28. The Kier molecular flexibility index (Phi) is 5.64. The minimum Gasteiger partial charge on any atom is -0.481 e. The first kappa shape index (κ1) is 14.2. The summed E-state index contributed by atoms with van der Waals surface area (Å²) in [5, 5.41) is 8.40. The number of sulfonamides is 1. The maximum absolute atomic E-state index is 11.4. The number of carbonyl (C=O) groups is 1. The van der Waals surface area contributed by atoms with E-state index in [-0.39, 0.29) is 12.2 Å². The molecule has 1 rings (SSSR count). The molecule has 2 N–H and O–H groups in total. The van der Waals surface area contributed by atoms with Gasteiger partial charge in [0.25, 0.3) is 0 Å². The zero-order valence-corrected chi connectivity index (χ0v) is 10.6. The van der Waals surface area contributed by atoms with Gasteiger partial charge < -0.3 is 5.11 Å². The van der Waals surface area contributed by atoms with Gasteiger partial charge in [0.1, 0.15) is 0 Å². The minimum atomic E-state index is -3.44. The van der Waals surface area contributed by atoms with E-state index in [9.17, 15) is 13.2 Å². The van der Waals surface area contributed by atoms with E-state index in [1.165, 1.54) is 18.4 Å². The highest BCUT2D eigenvalue weighted by Gasteiger charge is 2.12. The first-order valence-corrected chi connectivity index (χ1v) is 7.52. The number of hydrogen-bond donors (Lipinski definition) is 2. The lowest BCUT2D eigenvalue weighted by Crippen LogP contribution is -2.28. The Bertz CT molecular complexity index is 386. The molecule has 0 saturated heterocycles.